The van der Waals surface area contributed by atoms with E-state index in [1.807, 2.05) is 26.0 Å². The minimum Gasteiger partial charge on any atom is -0.507 e. The summed E-state index contributed by atoms with van der Waals surface area (Å²) in [5.41, 5.74) is 5.73. The molecule has 0 aliphatic rings. The number of amides is 1. The monoisotopic (exact) mass is 343 g/mol. The molecule has 0 spiro atoms. The highest BCUT2D eigenvalue weighted by atomic mass is 16.3. The van der Waals surface area contributed by atoms with Crippen molar-refractivity contribution in [3.8, 4) is 5.75 Å². The minimum absolute atomic E-state index is 0.101. The lowest BCUT2D eigenvalue weighted by atomic mass is 10.2. The summed E-state index contributed by atoms with van der Waals surface area (Å²) in [5, 5.41) is 18.3. The third-order valence-corrected chi connectivity index (χ3v) is 3.93. The van der Waals surface area contributed by atoms with E-state index in [-0.39, 0.29) is 18.2 Å². The smallest absolute Gasteiger partial charge is 0.261 e. The normalized spacial score (nSPS) is 11.0. The van der Waals surface area contributed by atoms with E-state index in [1.54, 1.807) is 16.8 Å². The maximum absolute atomic E-state index is 11.9. The molecule has 2 N–H and O–H groups in total. The van der Waals surface area contributed by atoms with Gasteiger partial charge in [-0.3, -0.25) is 9.48 Å². The maximum Gasteiger partial charge on any atom is 0.261 e. The molecule has 0 saturated heterocycles. The molecule has 134 valence electrons. The number of carbonyl (C=O) groups excluding carboxylic acids is 1. The predicted molar refractivity (Wildman–Crippen MR) is 99.1 cm³/mol. The van der Waals surface area contributed by atoms with Gasteiger partial charge in [-0.1, -0.05) is 0 Å². The molecule has 7 nitrogen and oxygen atoms in total. The van der Waals surface area contributed by atoms with Crippen LogP contribution in [0.5, 0.6) is 5.75 Å². The summed E-state index contributed by atoms with van der Waals surface area (Å²) in [6.07, 6.45) is 1.43. The predicted octanol–water partition coefficient (Wildman–Crippen LogP) is 2.20. The summed E-state index contributed by atoms with van der Waals surface area (Å²) < 4.78 is 1.62. The lowest BCUT2D eigenvalue weighted by Gasteiger charge is -2.21. The number of nitrogens with zero attached hydrogens (tertiary/aromatic N) is 4. The lowest BCUT2D eigenvalue weighted by molar-refractivity contribution is -0.121. The molecule has 7 heteroatoms. The van der Waals surface area contributed by atoms with Crippen LogP contribution in [0.1, 0.15) is 30.8 Å². The largest absolute Gasteiger partial charge is 0.507 e. The van der Waals surface area contributed by atoms with Gasteiger partial charge < -0.3 is 10.0 Å². The van der Waals surface area contributed by atoms with Crippen LogP contribution >= 0.6 is 0 Å². The van der Waals surface area contributed by atoms with Crippen LogP contribution in [-0.4, -0.2) is 40.1 Å². The second kappa shape index (κ2) is 8.32. The van der Waals surface area contributed by atoms with E-state index >= 15 is 0 Å². The summed E-state index contributed by atoms with van der Waals surface area (Å²) in [5.74, 6) is -0.150. The second-order valence-electron chi connectivity index (χ2n) is 5.79. The van der Waals surface area contributed by atoms with E-state index in [0.29, 0.717) is 5.56 Å². The van der Waals surface area contributed by atoms with Gasteiger partial charge in [-0.05, 0) is 45.9 Å². The van der Waals surface area contributed by atoms with Crippen molar-refractivity contribution in [2.24, 2.45) is 5.10 Å². The Morgan fingerprint density at radius 1 is 1.32 bits per heavy atom. The van der Waals surface area contributed by atoms with E-state index in [0.717, 1.165) is 30.2 Å². The summed E-state index contributed by atoms with van der Waals surface area (Å²) >= 11 is 0. The van der Waals surface area contributed by atoms with Gasteiger partial charge in [0.15, 0.2) is 0 Å². The van der Waals surface area contributed by atoms with Crippen LogP contribution in [0.2, 0.25) is 0 Å². The van der Waals surface area contributed by atoms with Gasteiger partial charge in [-0.15, -0.1) is 0 Å². The zero-order valence-electron chi connectivity index (χ0n) is 15.2. The Kier molecular flexibility index (Phi) is 6.16. The fourth-order valence-corrected chi connectivity index (χ4v) is 2.61. The summed E-state index contributed by atoms with van der Waals surface area (Å²) in [6.45, 7) is 9.74. The van der Waals surface area contributed by atoms with Gasteiger partial charge in [0.2, 0.25) is 0 Å². The molecule has 0 saturated carbocycles. The number of nitrogens with one attached hydrogen (secondary N) is 1. The Bertz CT molecular complexity index is 763. The topological polar surface area (TPSA) is 82.8 Å². The Morgan fingerprint density at radius 3 is 2.60 bits per heavy atom. The van der Waals surface area contributed by atoms with E-state index in [1.165, 1.54) is 6.21 Å². The molecule has 0 aliphatic carbocycles. The third-order valence-electron chi connectivity index (χ3n) is 3.93. The summed E-state index contributed by atoms with van der Waals surface area (Å²) in [7, 11) is 0. The Balaban J connectivity index is 1.97. The number of hydrogen-bond acceptors (Lipinski definition) is 5. The molecule has 0 bridgehead atoms. The van der Waals surface area contributed by atoms with Gasteiger partial charge in [-0.2, -0.15) is 10.2 Å². The number of phenolic OH excluding ortho intramolecular Hbond substituents is 1. The average Bonchev–Trinajstić information content (AvgIpc) is 2.88. The molecule has 1 heterocycles. The van der Waals surface area contributed by atoms with Crippen LogP contribution in [-0.2, 0) is 11.3 Å². The first kappa shape index (κ1) is 18.5. The number of benzene rings is 1. The van der Waals surface area contributed by atoms with Crippen molar-refractivity contribution in [1.29, 1.82) is 0 Å². The van der Waals surface area contributed by atoms with Crippen molar-refractivity contribution < 1.29 is 9.90 Å². The maximum atomic E-state index is 11.9. The number of phenols is 1. The van der Waals surface area contributed by atoms with Gasteiger partial charge in [-0.25, -0.2) is 5.43 Å². The lowest BCUT2D eigenvalue weighted by Crippen LogP contribution is -2.24. The second-order valence-corrected chi connectivity index (χ2v) is 5.79. The van der Waals surface area contributed by atoms with Crippen LogP contribution < -0.4 is 10.3 Å². The van der Waals surface area contributed by atoms with E-state index in [2.05, 4.69) is 34.4 Å². The van der Waals surface area contributed by atoms with E-state index in [4.69, 9.17) is 0 Å². The average molecular weight is 343 g/mol. The van der Waals surface area contributed by atoms with Crippen molar-refractivity contribution in [3.05, 3.63) is 41.2 Å². The van der Waals surface area contributed by atoms with Crippen molar-refractivity contribution in [2.75, 3.05) is 18.0 Å². The molecule has 0 fully saturated rings. The van der Waals surface area contributed by atoms with Gasteiger partial charge in [0.1, 0.15) is 12.3 Å². The molecule has 0 aliphatic heterocycles. The van der Waals surface area contributed by atoms with Crippen LogP contribution in [0.15, 0.2) is 29.4 Å². The molecular weight excluding hydrogens is 318 g/mol. The standard InChI is InChI=1S/C18H25N5O2/c1-5-22(6-2)16-8-7-15(17(24)10-16)11-19-20-18(25)12-23-14(4)9-13(3)21-23/h7-11,24H,5-6,12H2,1-4H3,(H,20,25)/b19-11+. The van der Waals surface area contributed by atoms with Gasteiger partial charge in [0.25, 0.3) is 5.91 Å². The number of hydrazone groups is 1. The van der Waals surface area contributed by atoms with Crippen molar-refractivity contribution in [3.63, 3.8) is 0 Å². The van der Waals surface area contributed by atoms with Gasteiger partial charge in [0, 0.05) is 36.1 Å². The summed E-state index contributed by atoms with van der Waals surface area (Å²) in [4.78, 5) is 14.1. The minimum atomic E-state index is -0.276. The zero-order valence-corrected chi connectivity index (χ0v) is 15.2. The highest BCUT2D eigenvalue weighted by Crippen LogP contribution is 2.23. The number of aryl methyl sites for hydroxylation is 2. The molecule has 0 atom stereocenters. The fraction of sp³-hybridized carbons (Fsp3) is 0.389. The molecule has 1 aromatic carbocycles. The third kappa shape index (κ3) is 4.82. The van der Waals surface area contributed by atoms with E-state index < -0.39 is 0 Å². The molecule has 0 unspecified atom stereocenters. The first-order chi connectivity index (χ1) is 11.9. The van der Waals surface area contributed by atoms with Crippen molar-refractivity contribution in [1.82, 2.24) is 15.2 Å². The molecule has 2 rings (SSSR count). The number of carbonyl (C=O) groups is 1. The van der Waals surface area contributed by atoms with Crippen LogP contribution in [0.25, 0.3) is 0 Å². The highest BCUT2D eigenvalue weighted by molar-refractivity contribution is 5.86. The number of anilines is 1. The van der Waals surface area contributed by atoms with Crippen LogP contribution in [0.3, 0.4) is 0 Å². The molecule has 1 aromatic heterocycles. The quantitative estimate of drug-likeness (QED) is 0.596. The Labute approximate surface area is 148 Å². The zero-order chi connectivity index (χ0) is 18.4. The van der Waals surface area contributed by atoms with Crippen LogP contribution in [0.4, 0.5) is 5.69 Å². The molecule has 1 amide bonds. The SMILES string of the molecule is CCN(CC)c1ccc(/C=N/NC(=O)Cn2nc(C)cc2C)c(O)c1. The highest BCUT2D eigenvalue weighted by Gasteiger charge is 2.07. The first-order valence-corrected chi connectivity index (χ1v) is 8.35. The Morgan fingerprint density at radius 2 is 2.04 bits per heavy atom. The molecule has 0 radical (unpaired) electrons. The number of rotatable bonds is 7. The molecular formula is C18H25N5O2. The van der Waals surface area contributed by atoms with Gasteiger partial charge in [0.05, 0.1) is 11.9 Å². The van der Waals surface area contributed by atoms with Gasteiger partial charge >= 0.3 is 0 Å². The Hall–Kier alpha value is -2.83. The van der Waals surface area contributed by atoms with E-state index in [9.17, 15) is 9.90 Å². The van der Waals surface area contributed by atoms with Crippen LogP contribution in [0, 0.1) is 13.8 Å². The molecule has 25 heavy (non-hydrogen) atoms. The first-order valence-electron chi connectivity index (χ1n) is 8.35. The molecule has 2 aromatic rings. The fourth-order valence-electron chi connectivity index (χ4n) is 2.61. The number of hydrogen-bond donors (Lipinski definition) is 2. The van der Waals surface area contributed by atoms with Crippen molar-refractivity contribution in [2.45, 2.75) is 34.2 Å². The number of aromatic hydroxyl groups is 1. The number of aromatic nitrogens is 2. The van der Waals surface area contributed by atoms with Crippen molar-refractivity contribution >= 4 is 17.8 Å². The summed E-state index contributed by atoms with van der Waals surface area (Å²) in [6, 6.07) is 7.31.